The lowest BCUT2D eigenvalue weighted by Gasteiger charge is -2.29. The molecule has 2 aliphatic rings. The first-order valence-electron chi connectivity index (χ1n) is 16.8. The summed E-state index contributed by atoms with van der Waals surface area (Å²) in [6.45, 7) is 3.50. The van der Waals surface area contributed by atoms with Crippen LogP contribution >= 0.6 is 0 Å². The first-order chi connectivity index (χ1) is 24.5. The van der Waals surface area contributed by atoms with Gasteiger partial charge in [0.15, 0.2) is 0 Å². The topological polar surface area (TPSA) is 209 Å². The minimum atomic E-state index is -1.40. The van der Waals surface area contributed by atoms with Crippen molar-refractivity contribution in [3.05, 3.63) is 83.4 Å². The van der Waals surface area contributed by atoms with Crippen LogP contribution in [0.1, 0.15) is 70.6 Å². The van der Waals surface area contributed by atoms with E-state index in [1.807, 2.05) is 18.2 Å². The van der Waals surface area contributed by atoms with Crippen molar-refractivity contribution in [2.45, 2.75) is 76.5 Å². The van der Waals surface area contributed by atoms with Gasteiger partial charge in [0.05, 0.1) is 17.0 Å². The standard InChI is InChI=1S/C36H41N7O8/c1-21-31(22(2)39-20-38-21)34(47)41-27-13-6-7-16-37-30(44)15-14-28(36(49)50)42-33(46)29-18-24(19-43(29)35(27)48)40-32(45)23-9-8-12-26(17-23)51-25-10-4-3-5-11-25/h3-5,8-12,17,20,24,27-29H,6-7,13-16,18-19H2,1-2H3,(H,37,44)(H,40,45)(H,41,47)(H,42,46)(H,49,50)/t24-,27+,28+,29+/m1/s1. The molecule has 2 aromatic carbocycles. The number of carbonyl (C=O) groups excluding carboxylic acids is 5. The number of carboxylic acid groups (broad SMARTS) is 1. The normalized spacial score (nSPS) is 21.6. The van der Waals surface area contributed by atoms with E-state index in [1.165, 1.54) is 11.2 Å². The monoisotopic (exact) mass is 699 g/mol. The largest absolute Gasteiger partial charge is 0.480 e. The SMILES string of the molecule is Cc1ncnc(C)c1C(=O)N[C@H]1CCCCNC(=O)CC[C@@H](C(=O)O)NC(=O)[C@@H]2C[C@@H](NC(=O)c3cccc(Oc4ccccc4)c3)CN2C1=O. The second-order valence-electron chi connectivity index (χ2n) is 12.6. The maximum Gasteiger partial charge on any atom is 0.326 e. The van der Waals surface area contributed by atoms with E-state index in [2.05, 4.69) is 31.2 Å². The van der Waals surface area contributed by atoms with Crippen LogP contribution in [0.2, 0.25) is 0 Å². The predicted octanol–water partition coefficient (Wildman–Crippen LogP) is 2.03. The van der Waals surface area contributed by atoms with Crippen molar-refractivity contribution in [3.63, 3.8) is 0 Å². The number of para-hydroxylation sites is 1. The fourth-order valence-electron chi connectivity index (χ4n) is 6.23. The summed E-state index contributed by atoms with van der Waals surface area (Å²) < 4.78 is 5.87. The van der Waals surface area contributed by atoms with Gasteiger partial charge in [-0.25, -0.2) is 14.8 Å². The van der Waals surface area contributed by atoms with E-state index in [4.69, 9.17) is 4.74 Å². The van der Waals surface area contributed by atoms with Gasteiger partial charge >= 0.3 is 5.97 Å². The maximum atomic E-state index is 14.3. The highest BCUT2D eigenvalue weighted by Crippen LogP contribution is 2.25. The van der Waals surface area contributed by atoms with Crippen LogP contribution in [0, 0.1) is 13.8 Å². The summed E-state index contributed by atoms with van der Waals surface area (Å²) in [6, 6.07) is 11.3. The Morgan fingerprint density at radius 2 is 1.63 bits per heavy atom. The minimum Gasteiger partial charge on any atom is -0.480 e. The third-order valence-corrected chi connectivity index (χ3v) is 8.87. The zero-order chi connectivity index (χ0) is 36.5. The molecule has 0 spiro atoms. The molecule has 0 bridgehead atoms. The molecule has 0 radical (unpaired) electrons. The zero-order valence-corrected chi connectivity index (χ0v) is 28.4. The number of rotatable bonds is 7. The number of carbonyl (C=O) groups is 6. The number of amides is 5. The van der Waals surface area contributed by atoms with E-state index in [-0.39, 0.29) is 55.8 Å². The van der Waals surface area contributed by atoms with E-state index in [0.717, 1.165) is 0 Å². The molecule has 15 nitrogen and oxygen atoms in total. The molecule has 51 heavy (non-hydrogen) atoms. The van der Waals surface area contributed by atoms with Crippen molar-refractivity contribution < 1.29 is 38.6 Å². The lowest BCUT2D eigenvalue weighted by Crippen LogP contribution is -2.55. The zero-order valence-electron chi connectivity index (χ0n) is 28.4. The van der Waals surface area contributed by atoms with Crippen LogP contribution in [-0.2, 0) is 19.2 Å². The van der Waals surface area contributed by atoms with E-state index in [0.29, 0.717) is 35.7 Å². The molecule has 5 rings (SSSR count). The van der Waals surface area contributed by atoms with Gasteiger partial charge in [-0.3, -0.25) is 24.0 Å². The van der Waals surface area contributed by atoms with Crippen LogP contribution in [0.3, 0.4) is 0 Å². The number of carboxylic acids is 1. The third kappa shape index (κ3) is 9.44. The summed E-state index contributed by atoms with van der Waals surface area (Å²) in [6.07, 6.45) is 2.11. The number of nitrogens with zero attached hydrogens (tertiary/aromatic N) is 3. The molecule has 2 fully saturated rings. The van der Waals surface area contributed by atoms with Gasteiger partial charge in [-0.1, -0.05) is 24.3 Å². The number of fused-ring (bicyclic) bond motifs is 1. The number of benzene rings is 2. The van der Waals surface area contributed by atoms with Crippen LogP contribution in [0.5, 0.6) is 11.5 Å². The Labute approximate surface area is 294 Å². The molecule has 0 unspecified atom stereocenters. The Kier molecular flexibility index (Phi) is 11.9. The van der Waals surface area contributed by atoms with Crippen molar-refractivity contribution in [2.75, 3.05) is 13.1 Å². The summed E-state index contributed by atoms with van der Waals surface area (Å²) >= 11 is 0. The van der Waals surface area contributed by atoms with Gasteiger partial charge in [-0.15, -0.1) is 0 Å². The average Bonchev–Trinajstić information content (AvgIpc) is 3.52. The molecule has 3 aromatic rings. The number of aromatic nitrogens is 2. The highest BCUT2D eigenvalue weighted by atomic mass is 16.5. The molecular formula is C36H41N7O8. The van der Waals surface area contributed by atoms with Crippen LogP contribution in [0.4, 0.5) is 0 Å². The molecule has 4 atom stereocenters. The van der Waals surface area contributed by atoms with Crippen molar-refractivity contribution in [3.8, 4) is 11.5 Å². The first-order valence-corrected chi connectivity index (χ1v) is 16.8. The van der Waals surface area contributed by atoms with Crippen molar-refractivity contribution in [1.82, 2.24) is 36.1 Å². The van der Waals surface area contributed by atoms with Gasteiger partial charge in [-0.2, -0.15) is 0 Å². The molecule has 1 aromatic heterocycles. The van der Waals surface area contributed by atoms with Crippen LogP contribution in [0.15, 0.2) is 60.9 Å². The van der Waals surface area contributed by atoms with E-state index in [1.54, 1.807) is 50.2 Å². The summed E-state index contributed by atoms with van der Waals surface area (Å²) in [5.41, 5.74) is 1.35. The molecule has 0 saturated carbocycles. The Morgan fingerprint density at radius 1 is 0.902 bits per heavy atom. The summed E-state index contributed by atoms with van der Waals surface area (Å²) in [7, 11) is 0. The Balaban J connectivity index is 1.40. The van der Waals surface area contributed by atoms with Crippen LogP contribution in [0.25, 0.3) is 0 Å². The predicted molar refractivity (Wildman–Crippen MR) is 183 cm³/mol. The Bertz CT molecular complexity index is 1770. The molecule has 2 saturated heterocycles. The molecule has 5 N–H and O–H groups in total. The number of aliphatic carboxylic acids is 1. The van der Waals surface area contributed by atoms with Crippen LogP contribution < -0.4 is 26.0 Å². The van der Waals surface area contributed by atoms with Gasteiger partial charge in [0.2, 0.25) is 17.7 Å². The van der Waals surface area contributed by atoms with Crippen molar-refractivity contribution in [1.29, 1.82) is 0 Å². The number of ether oxygens (including phenoxy) is 1. The fourth-order valence-corrected chi connectivity index (χ4v) is 6.23. The molecule has 5 amide bonds. The Morgan fingerprint density at radius 3 is 2.35 bits per heavy atom. The minimum absolute atomic E-state index is 0.0260. The van der Waals surface area contributed by atoms with Gasteiger partial charge in [0.25, 0.3) is 11.8 Å². The number of nitrogens with one attached hydrogen (secondary N) is 4. The lowest BCUT2D eigenvalue weighted by atomic mass is 10.1. The molecule has 268 valence electrons. The van der Waals surface area contributed by atoms with Crippen molar-refractivity contribution in [2.24, 2.45) is 0 Å². The summed E-state index contributed by atoms with van der Waals surface area (Å²) in [5.74, 6) is -3.04. The quantitative estimate of drug-likeness (QED) is 0.242. The van der Waals surface area contributed by atoms with Gasteiger partial charge in [-0.05, 0) is 76.3 Å². The van der Waals surface area contributed by atoms with E-state index in [9.17, 15) is 33.9 Å². The van der Waals surface area contributed by atoms with E-state index < -0.39 is 53.8 Å². The second kappa shape index (κ2) is 16.7. The lowest BCUT2D eigenvalue weighted by molar-refractivity contribution is -0.144. The molecule has 2 aliphatic heterocycles. The Hall–Kier alpha value is -5.86. The highest BCUT2D eigenvalue weighted by molar-refractivity contribution is 6.00. The smallest absolute Gasteiger partial charge is 0.326 e. The van der Waals surface area contributed by atoms with Gasteiger partial charge in [0.1, 0.15) is 36.0 Å². The number of aryl methyl sites for hydroxylation is 2. The fraction of sp³-hybridized carbons (Fsp3) is 0.389. The molecule has 3 heterocycles. The summed E-state index contributed by atoms with van der Waals surface area (Å²) in [5, 5.41) is 20.8. The summed E-state index contributed by atoms with van der Waals surface area (Å²) in [4.78, 5) is 89.0. The van der Waals surface area contributed by atoms with Gasteiger partial charge in [0, 0.05) is 31.1 Å². The molecular weight excluding hydrogens is 658 g/mol. The first kappa shape index (κ1) is 36.4. The molecule has 0 aliphatic carbocycles. The van der Waals surface area contributed by atoms with Crippen molar-refractivity contribution >= 4 is 35.5 Å². The van der Waals surface area contributed by atoms with E-state index >= 15 is 0 Å². The van der Waals surface area contributed by atoms with Gasteiger partial charge < -0.3 is 36.0 Å². The van der Waals surface area contributed by atoms with Crippen LogP contribution in [-0.4, -0.2) is 92.7 Å². The second-order valence-corrected chi connectivity index (χ2v) is 12.6. The highest BCUT2D eigenvalue weighted by Gasteiger charge is 2.43. The molecule has 15 heteroatoms. The number of hydrogen-bond donors (Lipinski definition) is 5. The number of hydrogen-bond acceptors (Lipinski definition) is 9. The third-order valence-electron chi connectivity index (χ3n) is 8.87. The maximum absolute atomic E-state index is 14.3. The average molecular weight is 700 g/mol.